The summed E-state index contributed by atoms with van der Waals surface area (Å²) in [5, 5.41) is 12.0. The molecule has 2 aliphatic heterocycles. The van der Waals surface area contributed by atoms with Crippen LogP contribution < -0.4 is 0 Å². The first-order chi connectivity index (χ1) is 11.1. The summed E-state index contributed by atoms with van der Waals surface area (Å²) in [5.74, 6) is 0. The van der Waals surface area contributed by atoms with Gasteiger partial charge >= 0.3 is 0 Å². The van der Waals surface area contributed by atoms with Crippen molar-refractivity contribution in [1.82, 2.24) is 4.90 Å². The highest BCUT2D eigenvalue weighted by atomic mass is 35.5. The van der Waals surface area contributed by atoms with Crippen molar-refractivity contribution in [2.45, 2.75) is 49.9 Å². The zero-order valence-corrected chi connectivity index (χ0v) is 13.9. The fourth-order valence-electron chi connectivity index (χ4n) is 4.36. The maximum Gasteiger partial charge on any atom is 0.0926 e. The minimum Gasteiger partial charge on any atom is -0.385 e. The van der Waals surface area contributed by atoms with Crippen molar-refractivity contribution in [2.24, 2.45) is 0 Å². The summed E-state index contributed by atoms with van der Waals surface area (Å²) in [5.41, 5.74) is 1.67. The Morgan fingerprint density at radius 3 is 2.17 bits per heavy atom. The smallest absolute Gasteiger partial charge is 0.0926 e. The SMILES string of the molecule is OC1(c2ccc(Cl)cc2)CC2CCC(C1)N2Cc1ccccc1. The third-order valence-electron chi connectivity index (χ3n) is 5.51. The Hall–Kier alpha value is -1.35. The summed E-state index contributed by atoms with van der Waals surface area (Å²) in [6.45, 7) is 0.993. The van der Waals surface area contributed by atoms with Gasteiger partial charge in [-0.25, -0.2) is 0 Å². The summed E-state index contributed by atoms with van der Waals surface area (Å²) in [4.78, 5) is 2.60. The Bertz CT molecular complexity index is 656. The van der Waals surface area contributed by atoms with Crippen LogP contribution in [0, 0.1) is 0 Å². The first kappa shape index (κ1) is 15.2. The van der Waals surface area contributed by atoms with Crippen molar-refractivity contribution in [3.05, 3.63) is 70.7 Å². The summed E-state index contributed by atoms with van der Waals surface area (Å²) in [6.07, 6.45) is 4.01. The lowest BCUT2D eigenvalue weighted by atomic mass is 9.80. The highest BCUT2D eigenvalue weighted by Crippen LogP contribution is 2.46. The highest BCUT2D eigenvalue weighted by molar-refractivity contribution is 6.30. The van der Waals surface area contributed by atoms with Crippen molar-refractivity contribution in [3.63, 3.8) is 0 Å². The fourth-order valence-corrected chi connectivity index (χ4v) is 4.49. The lowest BCUT2D eigenvalue weighted by Crippen LogP contribution is -2.49. The number of piperidine rings is 1. The van der Waals surface area contributed by atoms with Crippen molar-refractivity contribution in [2.75, 3.05) is 0 Å². The van der Waals surface area contributed by atoms with Crippen LogP contribution in [0.1, 0.15) is 36.8 Å². The van der Waals surface area contributed by atoms with E-state index >= 15 is 0 Å². The molecule has 120 valence electrons. The molecule has 2 fully saturated rings. The molecule has 2 aromatic carbocycles. The Labute approximate surface area is 142 Å². The van der Waals surface area contributed by atoms with Gasteiger partial charge in [0.2, 0.25) is 0 Å². The summed E-state index contributed by atoms with van der Waals surface area (Å²) < 4.78 is 0. The van der Waals surface area contributed by atoms with E-state index in [0.717, 1.165) is 30.0 Å². The van der Waals surface area contributed by atoms with Gasteiger partial charge in [0.1, 0.15) is 0 Å². The molecular weight excluding hydrogens is 306 g/mol. The molecule has 2 heterocycles. The molecular formula is C20H22ClNO. The second kappa shape index (κ2) is 5.94. The molecule has 0 amide bonds. The molecule has 0 saturated carbocycles. The van der Waals surface area contributed by atoms with Gasteiger partial charge in [-0.15, -0.1) is 0 Å². The molecule has 2 saturated heterocycles. The number of benzene rings is 2. The van der Waals surface area contributed by atoms with E-state index in [1.807, 2.05) is 24.3 Å². The van der Waals surface area contributed by atoms with E-state index in [1.165, 1.54) is 18.4 Å². The van der Waals surface area contributed by atoms with Crippen LogP contribution in [0.5, 0.6) is 0 Å². The van der Waals surface area contributed by atoms with Crippen LogP contribution in [0.2, 0.25) is 5.02 Å². The largest absolute Gasteiger partial charge is 0.385 e. The van der Waals surface area contributed by atoms with E-state index in [4.69, 9.17) is 11.6 Å². The van der Waals surface area contributed by atoms with Crippen LogP contribution in [0.15, 0.2) is 54.6 Å². The van der Waals surface area contributed by atoms with Crippen molar-refractivity contribution < 1.29 is 5.11 Å². The Morgan fingerprint density at radius 1 is 0.957 bits per heavy atom. The van der Waals surface area contributed by atoms with Crippen LogP contribution >= 0.6 is 11.6 Å². The summed E-state index contributed by atoms with van der Waals surface area (Å²) >= 11 is 5.99. The Balaban J connectivity index is 1.54. The van der Waals surface area contributed by atoms with Gasteiger partial charge in [-0.3, -0.25) is 4.90 Å². The van der Waals surface area contributed by atoms with Gasteiger partial charge < -0.3 is 5.11 Å². The molecule has 2 nitrogen and oxygen atoms in total. The zero-order valence-electron chi connectivity index (χ0n) is 13.2. The average molecular weight is 328 g/mol. The Morgan fingerprint density at radius 2 is 1.57 bits per heavy atom. The maximum atomic E-state index is 11.2. The minimum atomic E-state index is -0.705. The average Bonchev–Trinajstić information content (AvgIpc) is 2.80. The van der Waals surface area contributed by atoms with Gasteiger partial charge in [-0.05, 0) is 48.9 Å². The topological polar surface area (TPSA) is 23.5 Å². The van der Waals surface area contributed by atoms with Crippen molar-refractivity contribution >= 4 is 11.6 Å². The molecule has 0 radical (unpaired) electrons. The molecule has 23 heavy (non-hydrogen) atoms. The molecule has 2 atom stereocenters. The van der Waals surface area contributed by atoms with Crippen LogP contribution in [0.3, 0.4) is 0 Å². The van der Waals surface area contributed by atoms with E-state index in [2.05, 4.69) is 35.2 Å². The number of hydrogen-bond donors (Lipinski definition) is 1. The van der Waals surface area contributed by atoms with E-state index in [9.17, 15) is 5.11 Å². The normalized spacial score (nSPS) is 30.5. The van der Waals surface area contributed by atoms with Gasteiger partial charge in [-0.2, -0.15) is 0 Å². The third-order valence-corrected chi connectivity index (χ3v) is 5.76. The van der Waals surface area contributed by atoms with Gasteiger partial charge in [0.25, 0.3) is 0 Å². The number of fused-ring (bicyclic) bond motifs is 2. The number of halogens is 1. The number of nitrogens with zero attached hydrogens (tertiary/aromatic N) is 1. The molecule has 3 heteroatoms. The van der Waals surface area contributed by atoms with Gasteiger partial charge in [0, 0.05) is 23.7 Å². The lowest BCUT2D eigenvalue weighted by Gasteiger charge is -2.44. The van der Waals surface area contributed by atoms with E-state index in [1.54, 1.807) is 0 Å². The van der Waals surface area contributed by atoms with E-state index in [0.29, 0.717) is 12.1 Å². The second-order valence-electron chi connectivity index (χ2n) is 6.99. The molecule has 2 aromatic rings. The fraction of sp³-hybridized carbons (Fsp3) is 0.400. The molecule has 2 aliphatic rings. The minimum absolute atomic E-state index is 0.467. The van der Waals surface area contributed by atoms with E-state index in [-0.39, 0.29) is 0 Å². The van der Waals surface area contributed by atoms with Gasteiger partial charge in [-0.1, -0.05) is 54.1 Å². The predicted octanol–water partition coefficient (Wildman–Crippen LogP) is 4.35. The van der Waals surface area contributed by atoms with Gasteiger partial charge in [0.15, 0.2) is 0 Å². The molecule has 2 unspecified atom stereocenters. The molecule has 0 spiro atoms. The van der Waals surface area contributed by atoms with Crippen molar-refractivity contribution in [1.29, 1.82) is 0 Å². The summed E-state index contributed by atoms with van der Waals surface area (Å²) in [7, 11) is 0. The monoisotopic (exact) mass is 327 g/mol. The number of rotatable bonds is 3. The van der Waals surface area contributed by atoms with Crippen LogP contribution in [-0.2, 0) is 12.1 Å². The van der Waals surface area contributed by atoms with Gasteiger partial charge in [0.05, 0.1) is 5.60 Å². The van der Waals surface area contributed by atoms with E-state index < -0.39 is 5.60 Å². The number of hydrogen-bond acceptors (Lipinski definition) is 2. The standard InChI is InChI=1S/C20H22ClNO/c21-17-8-6-16(7-9-17)20(23)12-18-10-11-19(13-20)22(18)14-15-4-2-1-3-5-15/h1-9,18-19,23H,10-14H2. The first-order valence-electron chi connectivity index (χ1n) is 8.42. The predicted molar refractivity (Wildman–Crippen MR) is 93.4 cm³/mol. The highest BCUT2D eigenvalue weighted by Gasteiger charge is 2.47. The van der Waals surface area contributed by atoms with Crippen LogP contribution in [0.4, 0.5) is 0 Å². The molecule has 1 N–H and O–H groups in total. The quantitative estimate of drug-likeness (QED) is 0.905. The maximum absolute atomic E-state index is 11.2. The summed E-state index contributed by atoms with van der Waals surface area (Å²) in [6, 6.07) is 19.3. The zero-order chi connectivity index (χ0) is 15.9. The van der Waals surface area contributed by atoms with Crippen molar-refractivity contribution in [3.8, 4) is 0 Å². The number of aliphatic hydroxyl groups is 1. The first-order valence-corrected chi connectivity index (χ1v) is 8.80. The molecule has 4 rings (SSSR count). The Kier molecular flexibility index (Phi) is 3.92. The lowest BCUT2D eigenvalue weighted by molar-refractivity contribution is -0.0595. The third kappa shape index (κ3) is 2.91. The van der Waals surface area contributed by atoms with Crippen LogP contribution in [0.25, 0.3) is 0 Å². The molecule has 0 aliphatic carbocycles. The second-order valence-corrected chi connectivity index (χ2v) is 7.43. The van der Waals surface area contributed by atoms with Crippen LogP contribution in [-0.4, -0.2) is 22.1 Å². The molecule has 0 aromatic heterocycles. The molecule has 2 bridgehead atoms.